The van der Waals surface area contributed by atoms with Crippen LogP contribution in [-0.4, -0.2) is 40.9 Å². The summed E-state index contributed by atoms with van der Waals surface area (Å²) < 4.78 is 59.1. The summed E-state index contributed by atoms with van der Waals surface area (Å²) in [4.78, 5) is 0.154. The first kappa shape index (κ1) is 19.0. The highest BCUT2D eigenvalue weighted by Crippen LogP contribution is 2.47. The Morgan fingerprint density at radius 3 is 2.15 bits per heavy atom. The molecule has 3 rings (SSSR count). The van der Waals surface area contributed by atoms with Crippen molar-refractivity contribution in [3.8, 4) is 0 Å². The van der Waals surface area contributed by atoms with Gasteiger partial charge in [-0.2, -0.15) is 12.7 Å². The Hall–Kier alpha value is -1.78. The molecule has 0 aliphatic carbocycles. The summed E-state index contributed by atoms with van der Waals surface area (Å²) in [5.41, 5.74) is 1.71. The standard InChI is InChI=1S/C17H19NO6S2/c1-13-8-10-15(11-9-13)25(19,20)18-16(12-24-26(21,22)23-2)17(18)14-6-4-3-5-7-14/h3-11,16-17H,12H2,1-2H3/t16-,17-,18?/m1/s1. The van der Waals surface area contributed by atoms with Gasteiger partial charge in [0, 0.05) is 0 Å². The van der Waals surface area contributed by atoms with Crippen molar-refractivity contribution in [1.82, 2.24) is 4.31 Å². The Balaban J connectivity index is 1.90. The van der Waals surface area contributed by atoms with Gasteiger partial charge in [-0.3, -0.25) is 4.18 Å². The summed E-state index contributed by atoms with van der Waals surface area (Å²) in [5.74, 6) is 0. The molecule has 3 atom stereocenters. The lowest BCUT2D eigenvalue weighted by Gasteiger charge is -2.07. The molecule has 1 fully saturated rings. The van der Waals surface area contributed by atoms with Crippen LogP contribution in [-0.2, 0) is 28.8 Å². The van der Waals surface area contributed by atoms with Crippen molar-refractivity contribution in [2.24, 2.45) is 0 Å². The van der Waals surface area contributed by atoms with Gasteiger partial charge in [-0.1, -0.05) is 48.0 Å². The second kappa shape index (κ2) is 7.09. The number of aryl methyl sites for hydroxylation is 1. The quantitative estimate of drug-likeness (QED) is 0.664. The van der Waals surface area contributed by atoms with Gasteiger partial charge < -0.3 is 0 Å². The number of nitrogens with zero attached hydrogens (tertiary/aromatic N) is 1. The molecule has 1 aliphatic heterocycles. The minimum absolute atomic E-state index is 0.154. The van der Waals surface area contributed by atoms with E-state index in [2.05, 4.69) is 4.18 Å². The van der Waals surface area contributed by atoms with E-state index in [0.29, 0.717) is 0 Å². The van der Waals surface area contributed by atoms with E-state index in [4.69, 9.17) is 4.18 Å². The molecule has 1 saturated heterocycles. The van der Waals surface area contributed by atoms with E-state index < -0.39 is 32.5 Å². The summed E-state index contributed by atoms with van der Waals surface area (Å²) in [6.07, 6.45) is 0. The number of sulfonamides is 1. The third kappa shape index (κ3) is 3.81. The van der Waals surface area contributed by atoms with Crippen molar-refractivity contribution in [3.05, 3.63) is 65.7 Å². The van der Waals surface area contributed by atoms with Crippen LogP contribution in [0.4, 0.5) is 0 Å². The van der Waals surface area contributed by atoms with E-state index >= 15 is 0 Å². The smallest absolute Gasteiger partial charge is 0.252 e. The third-order valence-corrected chi connectivity index (χ3v) is 6.95. The SMILES string of the molecule is COS(=O)(=O)OC[C@@H]1[C@@H](c2ccccc2)N1S(=O)(=O)c1ccc(C)cc1. The molecule has 0 saturated carbocycles. The van der Waals surface area contributed by atoms with Gasteiger partial charge in [0.25, 0.3) is 0 Å². The van der Waals surface area contributed by atoms with Gasteiger partial charge in [0.05, 0.1) is 30.7 Å². The van der Waals surface area contributed by atoms with E-state index in [9.17, 15) is 16.8 Å². The van der Waals surface area contributed by atoms with E-state index in [1.54, 1.807) is 36.4 Å². The number of hydrogen-bond donors (Lipinski definition) is 0. The van der Waals surface area contributed by atoms with Crippen molar-refractivity contribution in [3.63, 3.8) is 0 Å². The molecule has 7 nitrogen and oxygen atoms in total. The molecule has 1 aliphatic rings. The molecule has 140 valence electrons. The highest BCUT2D eigenvalue weighted by Gasteiger charge is 2.56. The first-order chi connectivity index (χ1) is 12.3. The van der Waals surface area contributed by atoms with Crippen molar-refractivity contribution in [2.45, 2.75) is 23.9 Å². The van der Waals surface area contributed by atoms with E-state index in [1.165, 1.54) is 16.4 Å². The number of benzene rings is 2. The zero-order valence-corrected chi connectivity index (χ0v) is 15.9. The molecule has 2 aromatic carbocycles. The molecule has 2 aromatic rings. The van der Waals surface area contributed by atoms with Gasteiger partial charge in [0.1, 0.15) is 0 Å². The lowest BCUT2D eigenvalue weighted by molar-refractivity contribution is 0.240. The predicted molar refractivity (Wildman–Crippen MR) is 95.1 cm³/mol. The van der Waals surface area contributed by atoms with Crippen LogP contribution in [0.25, 0.3) is 0 Å². The van der Waals surface area contributed by atoms with Gasteiger partial charge in [-0.15, -0.1) is 0 Å². The maximum atomic E-state index is 13.0. The summed E-state index contributed by atoms with van der Waals surface area (Å²) in [5, 5.41) is 0. The van der Waals surface area contributed by atoms with Crippen LogP contribution in [0.15, 0.2) is 59.5 Å². The molecule has 0 bridgehead atoms. The van der Waals surface area contributed by atoms with Crippen molar-refractivity contribution in [2.75, 3.05) is 13.7 Å². The first-order valence-corrected chi connectivity index (χ1v) is 10.6. The normalized spacial score (nSPS) is 22.9. The summed E-state index contributed by atoms with van der Waals surface area (Å²) in [6, 6.07) is 14.4. The zero-order valence-electron chi connectivity index (χ0n) is 14.3. The molecule has 26 heavy (non-hydrogen) atoms. The first-order valence-electron chi connectivity index (χ1n) is 7.86. The van der Waals surface area contributed by atoms with Gasteiger partial charge in [-0.25, -0.2) is 12.6 Å². The van der Waals surface area contributed by atoms with E-state index in [0.717, 1.165) is 18.2 Å². The molecule has 0 radical (unpaired) electrons. The molecule has 9 heteroatoms. The van der Waals surface area contributed by atoms with Crippen molar-refractivity contribution >= 4 is 20.4 Å². The second-order valence-corrected chi connectivity index (χ2v) is 9.16. The number of hydrogen-bond acceptors (Lipinski definition) is 6. The molecular formula is C17H19NO6S2. The largest absolute Gasteiger partial charge is 0.399 e. The van der Waals surface area contributed by atoms with Crippen molar-refractivity contribution in [1.29, 1.82) is 0 Å². The zero-order chi connectivity index (χ0) is 18.9. The minimum Gasteiger partial charge on any atom is -0.252 e. The van der Waals surface area contributed by atoms with Crippen LogP contribution in [0.5, 0.6) is 0 Å². The fraction of sp³-hybridized carbons (Fsp3) is 0.294. The van der Waals surface area contributed by atoms with Crippen LogP contribution in [0.3, 0.4) is 0 Å². The predicted octanol–water partition coefficient (Wildman–Crippen LogP) is 2.02. The third-order valence-electron chi connectivity index (χ3n) is 4.20. The van der Waals surface area contributed by atoms with Crippen LogP contribution >= 0.6 is 0 Å². The fourth-order valence-electron chi connectivity index (χ4n) is 2.80. The Morgan fingerprint density at radius 1 is 0.962 bits per heavy atom. The maximum absolute atomic E-state index is 13.0. The van der Waals surface area contributed by atoms with Crippen LogP contribution in [0.1, 0.15) is 17.2 Å². The Morgan fingerprint density at radius 2 is 1.58 bits per heavy atom. The Labute approximate surface area is 153 Å². The van der Waals surface area contributed by atoms with Gasteiger partial charge in [-0.05, 0) is 24.6 Å². The molecule has 1 heterocycles. The highest BCUT2D eigenvalue weighted by atomic mass is 32.3. The second-order valence-electron chi connectivity index (χ2n) is 5.93. The molecule has 0 aromatic heterocycles. The minimum atomic E-state index is -4.14. The lowest BCUT2D eigenvalue weighted by Crippen LogP contribution is -2.19. The molecule has 0 spiro atoms. The Kier molecular flexibility index (Phi) is 5.18. The summed E-state index contributed by atoms with van der Waals surface area (Å²) in [7, 11) is -6.94. The fourth-order valence-corrected chi connectivity index (χ4v) is 4.97. The van der Waals surface area contributed by atoms with Gasteiger partial charge in [0.15, 0.2) is 0 Å². The van der Waals surface area contributed by atoms with Gasteiger partial charge >= 0.3 is 10.4 Å². The van der Waals surface area contributed by atoms with E-state index in [-0.39, 0.29) is 11.5 Å². The summed E-state index contributed by atoms with van der Waals surface area (Å²) >= 11 is 0. The van der Waals surface area contributed by atoms with Crippen LogP contribution in [0.2, 0.25) is 0 Å². The molecular weight excluding hydrogens is 378 g/mol. The highest BCUT2D eigenvalue weighted by molar-refractivity contribution is 7.89. The molecule has 1 unspecified atom stereocenters. The van der Waals surface area contributed by atoms with Crippen molar-refractivity contribution < 1.29 is 25.2 Å². The average Bonchev–Trinajstić information content (AvgIpc) is 3.37. The van der Waals surface area contributed by atoms with Gasteiger partial charge in [0.2, 0.25) is 10.0 Å². The lowest BCUT2D eigenvalue weighted by atomic mass is 10.1. The topological polar surface area (TPSA) is 89.8 Å². The van der Waals surface area contributed by atoms with Crippen LogP contribution in [0, 0.1) is 6.92 Å². The number of rotatable bonds is 7. The monoisotopic (exact) mass is 397 g/mol. The summed E-state index contributed by atoms with van der Waals surface area (Å²) in [6.45, 7) is 1.55. The van der Waals surface area contributed by atoms with E-state index in [1.807, 2.05) is 13.0 Å². The van der Waals surface area contributed by atoms with Crippen LogP contribution < -0.4 is 0 Å². The molecule has 0 amide bonds. The Bertz CT molecular complexity index is 972. The molecule has 0 N–H and O–H groups in total. The maximum Gasteiger partial charge on any atom is 0.399 e. The average molecular weight is 397 g/mol.